The Bertz CT molecular complexity index is 493. The maximum atomic E-state index is 12.4. The second-order valence-corrected chi connectivity index (χ2v) is 4.69. The van der Waals surface area contributed by atoms with Crippen LogP contribution < -0.4 is 11.1 Å². The van der Waals surface area contributed by atoms with Crippen LogP contribution >= 0.6 is 12.4 Å². The lowest BCUT2D eigenvalue weighted by Gasteiger charge is -2.23. The molecule has 1 aliphatic heterocycles. The van der Waals surface area contributed by atoms with E-state index in [0.29, 0.717) is 17.7 Å². The number of likely N-dealkylation sites (tertiary alicyclic amines) is 1. The van der Waals surface area contributed by atoms with Crippen LogP contribution in [0, 0.1) is 0 Å². The van der Waals surface area contributed by atoms with Gasteiger partial charge >= 0.3 is 0 Å². The second-order valence-electron chi connectivity index (χ2n) is 4.69. The van der Waals surface area contributed by atoms with Crippen molar-refractivity contribution in [2.45, 2.75) is 18.9 Å². The number of nitrogens with one attached hydrogen (secondary N) is 1. The first-order valence-corrected chi connectivity index (χ1v) is 6.50. The first-order valence-electron chi connectivity index (χ1n) is 6.50. The third-order valence-electron chi connectivity index (χ3n) is 3.51. The molecule has 5 nitrogen and oxygen atoms in total. The highest BCUT2D eigenvalue weighted by atomic mass is 35.5. The van der Waals surface area contributed by atoms with E-state index in [1.165, 1.54) is 0 Å². The van der Waals surface area contributed by atoms with Gasteiger partial charge in [0.1, 0.15) is 0 Å². The quantitative estimate of drug-likeness (QED) is 0.875. The molecular formula is C14H20ClN3O2. The van der Waals surface area contributed by atoms with Crippen LogP contribution in [0.1, 0.15) is 33.6 Å². The summed E-state index contributed by atoms with van der Waals surface area (Å²) in [5, 5.41) is 2.55. The van der Waals surface area contributed by atoms with Gasteiger partial charge in [-0.1, -0.05) is 6.07 Å². The standard InChI is InChI=1S/C14H19N3O2.ClH/c1-16-13(18)10-4-2-5-11(8-10)14(19)17-7-3-6-12(17)9-15;/h2,4-5,8,12H,3,6-7,9,15H2,1H3,(H,16,18);1H. The molecule has 0 spiro atoms. The van der Waals surface area contributed by atoms with E-state index in [-0.39, 0.29) is 30.3 Å². The molecule has 0 aromatic heterocycles. The number of benzene rings is 1. The summed E-state index contributed by atoms with van der Waals surface area (Å²) in [5.41, 5.74) is 6.72. The Balaban J connectivity index is 0.00000200. The molecule has 20 heavy (non-hydrogen) atoms. The van der Waals surface area contributed by atoms with Crippen LogP contribution in [0.4, 0.5) is 0 Å². The Morgan fingerprint density at radius 3 is 2.75 bits per heavy atom. The number of rotatable bonds is 3. The van der Waals surface area contributed by atoms with Crippen molar-refractivity contribution in [2.75, 3.05) is 20.1 Å². The summed E-state index contributed by atoms with van der Waals surface area (Å²) in [6, 6.07) is 6.91. The van der Waals surface area contributed by atoms with E-state index in [1.807, 2.05) is 4.90 Å². The molecule has 0 saturated carbocycles. The molecule has 6 heteroatoms. The zero-order chi connectivity index (χ0) is 13.8. The minimum absolute atomic E-state index is 0. The maximum Gasteiger partial charge on any atom is 0.254 e. The highest BCUT2D eigenvalue weighted by Gasteiger charge is 2.28. The van der Waals surface area contributed by atoms with Crippen LogP contribution in [0.15, 0.2) is 24.3 Å². The molecule has 110 valence electrons. The van der Waals surface area contributed by atoms with Gasteiger partial charge < -0.3 is 16.0 Å². The summed E-state index contributed by atoms with van der Waals surface area (Å²) < 4.78 is 0. The van der Waals surface area contributed by atoms with E-state index < -0.39 is 0 Å². The number of hydrogen-bond donors (Lipinski definition) is 2. The van der Waals surface area contributed by atoms with E-state index in [1.54, 1.807) is 31.3 Å². The molecule has 1 fully saturated rings. The average Bonchev–Trinajstić information content (AvgIpc) is 2.94. The summed E-state index contributed by atoms with van der Waals surface area (Å²) in [7, 11) is 1.57. The van der Waals surface area contributed by atoms with Gasteiger partial charge in [0, 0.05) is 37.3 Å². The van der Waals surface area contributed by atoms with Crippen LogP contribution in [-0.4, -0.2) is 42.9 Å². The van der Waals surface area contributed by atoms with Crippen molar-refractivity contribution in [3.63, 3.8) is 0 Å². The summed E-state index contributed by atoms with van der Waals surface area (Å²) in [6.07, 6.45) is 1.94. The molecule has 1 heterocycles. The molecule has 2 rings (SSSR count). The molecule has 1 aliphatic rings. The number of nitrogens with zero attached hydrogens (tertiary/aromatic N) is 1. The van der Waals surface area contributed by atoms with Crippen molar-refractivity contribution < 1.29 is 9.59 Å². The summed E-state index contributed by atoms with van der Waals surface area (Å²) >= 11 is 0. The van der Waals surface area contributed by atoms with Crippen LogP contribution in [0.3, 0.4) is 0 Å². The molecule has 0 bridgehead atoms. The van der Waals surface area contributed by atoms with Gasteiger partial charge in [-0.2, -0.15) is 0 Å². The zero-order valence-electron chi connectivity index (χ0n) is 11.5. The largest absolute Gasteiger partial charge is 0.355 e. The topological polar surface area (TPSA) is 75.4 Å². The predicted octanol–water partition coefficient (Wildman–Crippen LogP) is 1.03. The van der Waals surface area contributed by atoms with Crippen LogP contribution in [0.25, 0.3) is 0 Å². The monoisotopic (exact) mass is 297 g/mol. The van der Waals surface area contributed by atoms with E-state index in [0.717, 1.165) is 19.4 Å². The second kappa shape index (κ2) is 7.26. The molecule has 1 unspecified atom stereocenters. The van der Waals surface area contributed by atoms with Crippen LogP contribution in [0.2, 0.25) is 0 Å². The Kier molecular flexibility index (Phi) is 5.98. The summed E-state index contributed by atoms with van der Waals surface area (Å²) in [6.45, 7) is 1.23. The van der Waals surface area contributed by atoms with Crippen molar-refractivity contribution >= 4 is 24.2 Å². The Morgan fingerprint density at radius 1 is 1.40 bits per heavy atom. The van der Waals surface area contributed by atoms with Crippen molar-refractivity contribution in [1.82, 2.24) is 10.2 Å². The van der Waals surface area contributed by atoms with Gasteiger partial charge in [-0.25, -0.2) is 0 Å². The van der Waals surface area contributed by atoms with Crippen molar-refractivity contribution in [1.29, 1.82) is 0 Å². The number of carbonyl (C=O) groups is 2. The lowest BCUT2D eigenvalue weighted by atomic mass is 10.1. The molecule has 0 radical (unpaired) electrons. The molecule has 1 saturated heterocycles. The third kappa shape index (κ3) is 3.29. The lowest BCUT2D eigenvalue weighted by Crippen LogP contribution is -2.40. The number of nitrogens with two attached hydrogens (primary N) is 1. The van der Waals surface area contributed by atoms with Gasteiger partial charge in [0.15, 0.2) is 0 Å². The molecule has 2 amide bonds. The van der Waals surface area contributed by atoms with Gasteiger partial charge in [0.2, 0.25) is 0 Å². The number of hydrogen-bond acceptors (Lipinski definition) is 3. The van der Waals surface area contributed by atoms with Crippen molar-refractivity contribution in [3.8, 4) is 0 Å². The fourth-order valence-corrected chi connectivity index (χ4v) is 2.45. The Labute approximate surface area is 124 Å². The van der Waals surface area contributed by atoms with Gasteiger partial charge in [-0.15, -0.1) is 12.4 Å². The minimum Gasteiger partial charge on any atom is -0.355 e. The number of halogens is 1. The fourth-order valence-electron chi connectivity index (χ4n) is 2.45. The van der Waals surface area contributed by atoms with E-state index in [4.69, 9.17) is 5.73 Å². The van der Waals surface area contributed by atoms with Crippen molar-refractivity contribution in [3.05, 3.63) is 35.4 Å². The number of carbonyl (C=O) groups excluding carboxylic acids is 2. The first kappa shape index (κ1) is 16.5. The SMILES string of the molecule is CNC(=O)c1cccc(C(=O)N2CCCC2CN)c1.Cl. The molecule has 1 atom stereocenters. The third-order valence-corrected chi connectivity index (χ3v) is 3.51. The normalized spacial score (nSPS) is 17.5. The average molecular weight is 298 g/mol. The molecule has 1 aromatic carbocycles. The van der Waals surface area contributed by atoms with Gasteiger partial charge in [0.25, 0.3) is 11.8 Å². The van der Waals surface area contributed by atoms with Gasteiger partial charge in [0.05, 0.1) is 0 Å². The zero-order valence-corrected chi connectivity index (χ0v) is 12.3. The highest BCUT2D eigenvalue weighted by Crippen LogP contribution is 2.19. The van der Waals surface area contributed by atoms with Gasteiger partial charge in [-0.3, -0.25) is 9.59 Å². The van der Waals surface area contributed by atoms with Crippen LogP contribution in [-0.2, 0) is 0 Å². The molecule has 0 aliphatic carbocycles. The van der Waals surface area contributed by atoms with Crippen molar-refractivity contribution in [2.24, 2.45) is 5.73 Å². The lowest BCUT2D eigenvalue weighted by molar-refractivity contribution is 0.0741. The highest BCUT2D eigenvalue weighted by molar-refractivity contribution is 5.99. The van der Waals surface area contributed by atoms with E-state index >= 15 is 0 Å². The fraction of sp³-hybridized carbons (Fsp3) is 0.429. The Morgan fingerprint density at radius 2 is 2.10 bits per heavy atom. The molecule has 1 aromatic rings. The maximum absolute atomic E-state index is 12.4. The summed E-state index contributed by atoms with van der Waals surface area (Å²) in [4.78, 5) is 25.8. The first-order chi connectivity index (χ1) is 9.17. The van der Waals surface area contributed by atoms with Crippen LogP contribution in [0.5, 0.6) is 0 Å². The molecular weight excluding hydrogens is 278 g/mol. The smallest absolute Gasteiger partial charge is 0.254 e. The minimum atomic E-state index is -0.188. The summed E-state index contributed by atoms with van der Waals surface area (Å²) in [5.74, 6) is -0.231. The predicted molar refractivity (Wildman–Crippen MR) is 80.2 cm³/mol. The van der Waals surface area contributed by atoms with E-state index in [2.05, 4.69) is 5.32 Å². The van der Waals surface area contributed by atoms with Gasteiger partial charge in [-0.05, 0) is 31.0 Å². The Hall–Kier alpha value is -1.59. The van der Waals surface area contributed by atoms with E-state index in [9.17, 15) is 9.59 Å². The molecule has 3 N–H and O–H groups in total. The number of amides is 2.